The highest BCUT2D eigenvalue weighted by molar-refractivity contribution is 5.89. The van der Waals surface area contributed by atoms with Crippen molar-refractivity contribution in [3.8, 4) is 0 Å². The first-order valence-corrected chi connectivity index (χ1v) is 9.36. The highest BCUT2D eigenvalue weighted by Crippen LogP contribution is 2.38. The number of carbonyl (C=O) groups is 1. The number of nitrogens with one attached hydrogen (secondary N) is 1. The van der Waals surface area contributed by atoms with E-state index in [1.807, 2.05) is 0 Å². The maximum absolute atomic E-state index is 13.1. The van der Waals surface area contributed by atoms with Crippen LogP contribution in [0.5, 0.6) is 0 Å². The Morgan fingerprint density at radius 2 is 1.58 bits per heavy atom. The minimum Gasteiger partial charge on any atom is -0.371 e. The lowest BCUT2D eigenvalue weighted by Crippen LogP contribution is -2.50. The molecule has 0 fully saturated rings. The van der Waals surface area contributed by atoms with Gasteiger partial charge in [0.15, 0.2) is 0 Å². The van der Waals surface area contributed by atoms with Gasteiger partial charge in [-0.3, -0.25) is 4.79 Å². The van der Waals surface area contributed by atoms with Crippen LogP contribution in [0.2, 0.25) is 0 Å². The van der Waals surface area contributed by atoms with E-state index in [4.69, 9.17) is 4.74 Å². The Bertz CT molecular complexity index is 936. The Hall–Kier alpha value is -2.81. The first kappa shape index (κ1) is 22.9. The minimum atomic E-state index is -4.94. The van der Waals surface area contributed by atoms with Gasteiger partial charge in [0.05, 0.1) is 29.4 Å². The summed E-state index contributed by atoms with van der Waals surface area (Å²) in [5.41, 5.74) is -3.35. The van der Waals surface area contributed by atoms with E-state index in [-0.39, 0.29) is 24.1 Å². The van der Waals surface area contributed by atoms with Crippen LogP contribution in [0.3, 0.4) is 0 Å². The third kappa shape index (κ3) is 5.28. The molecule has 1 heterocycles. The van der Waals surface area contributed by atoms with Crippen LogP contribution in [-0.4, -0.2) is 12.5 Å². The summed E-state index contributed by atoms with van der Waals surface area (Å²) in [5, 5.41) is 2.81. The predicted octanol–water partition coefficient (Wildman–Crippen LogP) is 5.77. The second-order valence-corrected chi connectivity index (χ2v) is 7.34. The molecule has 0 spiro atoms. The fourth-order valence-electron chi connectivity index (χ4n) is 3.40. The summed E-state index contributed by atoms with van der Waals surface area (Å²) in [4.78, 5) is 12.0. The molecule has 1 aliphatic heterocycles. The molecular formula is C22H19F6NO2. The highest BCUT2D eigenvalue weighted by Gasteiger charge is 2.38. The van der Waals surface area contributed by atoms with Gasteiger partial charge in [0, 0.05) is 0 Å². The molecule has 0 bridgehead atoms. The van der Waals surface area contributed by atoms with Crippen LogP contribution in [0, 0.1) is 0 Å². The largest absolute Gasteiger partial charge is 0.416 e. The molecule has 2 aromatic rings. The van der Waals surface area contributed by atoms with Crippen molar-refractivity contribution in [1.29, 1.82) is 0 Å². The van der Waals surface area contributed by atoms with E-state index < -0.39 is 35.1 Å². The lowest BCUT2D eigenvalue weighted by Gasteiger charge is -2.37. The number of hydrogen-bond acceptors (Lipinski definition) is 2. The molecule has 9 heteroatoms. The molecule has 31 heavy (non-hydrogen) atoms. The minimum absolute atomic E-state index is 0.0772. The molecule has 0 aromatic heterocycles. The van der Waals surface area contributed by atoms with E-state index in [0.29, 0.717) is 24.1 Å². The van der Waals surface area contributed by atoms with Crippen LogP contribution in [0.15, 0.2) is 60.7 Å². The smallest absolute Gasteiger partial charge is 0.371 e. The lowest BCUT2D eigenvalue weighted by molar-refractivity contribution is -0.143. The van der Waals surface area contributed by atoms with E-state index in [2.05, 4.69) is 5.32 Å². The van der Waals surface area contributed by atoms with Gasteiger partial charge in [-0.25, -0.2) is 0 Å². The number of hydrogen-bond donors (Lipinski definition) is 1. The molecule has 2 atom stereocenters. The molecule has 0 radical (unpaired) electrons. The van der Waals surface area contributed by atoms with E-state index >= 15 is 0 Å². The summed E-state index contributed by atoms with van der Waals surface area (Å²) in [7, 11) is 0. The Morgan fingerprint density at radius 1 is 1.00 bits per heavy atom. The number of benzene rings is 2. The summed E-state index contributed by atoms with van der Waals surface area (Å²) in [5.74, 6) is -0.371. The van der Waals surface area contributed by atoms with Crippen LogP contribution < -0.4 is 5.32 Å². The van der Waals surface area contributed by atoms with Gasteiger partial charge in [-0.05, 0) is 48.7 Å². The standard InChI is InChI=1S/C22H19F6NO2/c1-14(15-10-17(21(23,24)25)12-18(11-15)22(26,27)28)31-13-20(9-5-8-19(30)29-20)16-6-3-2-4-7-16/h2-8,10-12,14H,9,13H2,1H3,(H,29,30). The Labute approximate surface area is 174 Å². The molecule has 1 amide bonds. The number of ether oxygens (including phenoxy) is 1. The maximum Gasteiger partial charge on any atom is 0.416 e. The average Bonchev–Trinajstić information content (AvgIpc) is 2.71. The van der Waals surface area contributed by atoms with Crippen molar-refractivity contribution in [3.63, 3.8) is 0 Å². The number of carbonyl (C=O) groups excluding carboxylic acids is 1. The van der Waals surface area contributed by atoms with Crippen molar-refractivity contribution in [1.82, 2.24) is 5.32 Å². The van der Waals surface area contributed by atoms with Gasteiger partial charge in [-0.1, -0.05) is 36.4 Å². The SMILES string of the molecule is CC(OCC1(c2ccccc2)CC=CC(=O)N1)c1cc(C(F)(F)F)cc(C(F)(F)F)c1. The molecule has 1 aliphatic rings. The van der Waals surface area contributed by atoms with Crippen LogP contribution in [-0.2, 0) is 27.4 Å². The summed E-state index contributed by atoms with van der Waals surface area (Å²) in [6, 6.07) is 10.2. The molecule has 2 aromatic carbocycles. The second kappa shape index (κ2) is 8.37. The molecule has 166 valence electrons. The zero-order valence-corrected chi connectivity index (χ0v) is 16.3. The van der Waals surface area contributed by atoms with Crippen LogP contribution in [0.1, 0.15) is 41.7 Å². The topological polar surface area (TPSA) is 38.3 Å². The number of halogens is 6. The van der Waals surface area contributed by atoms with E-state index in [9.17, 15) is 31.1 Å². The van der Waals surface area contributed by atoms with Crippen LogP contribution in [0.25, 0.3) is 0 Å². The van der Waals surface area contributed by atoms with Gasteiger partial charge in [0.2, 0.25) is 5.91 Å². The van der Waals surface area contributed by atoms with Crippen molar-refractivity contribution in [3.05, 3.63) is 82.9 Å². The molecule has 1 N–H and O–H groups in total. The first-order chi connectivity index (χ1) is 14.4. The third-order valence-corrected chi connectivity index (χ3v) is 5.08. The van der Waals surface area contributed by atoms with Gasteiger partial charge in [-0.15, -0.1) is 0 Å². The van der Waals surface area contributed by atoms with Crippen molar-refractivity contribution in [2.75, 3.05) is 6.61 Å². The van der Waals surface area contributed by atoms with Gasteiger partial charge in [-0.2, -0.15) is 26.3 Å². The molecule has 2 unspecified atom stereocenters. The second-order valence-electron chi connectivity index (χ2n) is 7.34. The first-order valence-electron chi connectivity index (χ1n) is 9.36. The molecule has 3 nitrogen and oxygen atoms in total. The van der Waals surface area contributed by atoms with Crippen molar-refractivity contribution in [2.24, 2.45) is 0 Å². The fraction of sp³-hybridized carbons (Fsp3) is 0.318. The molecule has 3 rings (SSSR count). The van der Waals surface area contributed by atoms with Crippen LogP contribution >= 0.6 is 0 Å². The Kier molecular flexibility index (Phi) is 6.18. The number of rotatable bonds is 5. The summed E-state index contributed by atoms with van der Waals surface area (Å²) >= 11 is 0. The van der Waals surface area contributed by atoms with Gasteiger partial charge < -0.3 is 10.1 Å². The fourth-order valence-corrected chi connectivity index (χ4v) is 3.40. The van der Waals surface area contributed by atoms with Gasteiger partial charge in [0.1, 0.15) is 0 Å². The Balaban J connectivity index is 1.90. The lowest BCUT2D eigenvalue weighted by atomic mass is 9.85. The Morgan fingerprint density at radius 3 is 2.10 bits per heavy atom. The van der Waals surface area contributed by atoms with E-state index in [1.54, 1.807) is 36.4 Å². The number of alkyl halides is 6. The maximum atomic E-state index is 13.1. The zero-order chi connectivity index (χ0) is 22.9. The zero-order valence-electron chi connectivity index (χ0n) is 16.3. The highest BCUT2D eigenvalue weighted by atomic mass is 19.4. The van der Waals surface area contributed by atoms with Gasteiger partial charge >= 0.3 is 12.4 Å². The van der Waals surface area contributed by atoms with Gasteiger partial charge in [0.25, 0.3) is 0 Å². The summed E-state index contributed by atoms with van der Waals surface area (Å²) in [6.07, 6.45) is -7.62. The molecule has 0 saturated heterocycles. The third-order valence-electron chi connectivity index (χ3n) is 5.08. The average molecular weight is 443 g/mol. The van der Waals surface area contributed by atoms with E-state index in [0.717, 1.165) is 0 Å². The molecular weight excluding hydrogens is 424 g/mol. The quantitative estimate of drug-likeness (QED) is 0.596. The summed E-state index contributed by atoms with van der Waals surface area (Å²) in [6.45, 7) is 1.22. The van der Waals surface area contributed by atoms with Crippen molar-refractivity contribution >= 4 is 5.91 Å². The number of amides is 1. The van der Waals surface area contributed by atoms with Crippen LogP contribution in [0.4, 0.5) is 26.3 Å². The normalized spacial score (nSPS) is 20.4. The molecule has 0 aliphatic carbocycles. The van der Waals surface area contributed by atoms with Crippen molar-refractivity contribution < 1.29 is 35.9 Å². The van der Waals surface area contributed by atoms with E-state index in [1.165, 1.54) is 13.0 Å². The van der Waals surface area contributed by atoms with Crippen molar-refractivity contribution in [2.45, 2.75) is 37.3 Å². The monoisotopic (exact) mass is 443 g/mol. The summed E-state index contributed by atoms with van der Waals surface area (Å²) < 4.78 is 84.6. The molecule has 0 saturated carbocycles. The predicted molar refractivity (Wildman–Crippen MR) is 101 cm³/mol.